The molecule has 0 unspecified atom stereocenters. The van der Waals surface area contributed by atoms with Gasteiger partial charge in [-0.2, -0.15) is 0 Å². The van der Waals surface area contributed by atoms with Crippen LogP contribution in [0.5, 0.6) is 28.7 Å². The van der Waals surface area contributed by atoms with Gasteiger partial charge in [0.25, 0.3) is 0 Å². The number of ether oxygens (including phenoxy) is 5. The van der Waals surface area contributed by atoms with Crippen LogP contribution in [0.3, 0.4) is 0 Å². The summed E-state index contributed by atoms with van der Waals surface area (Å²) in [7, 11) is 6.36. The highest BCUT2D eigenvalue weighted by Gasteiger charge is 2.23. The molecule has 186 valence electrons. The van der Waals surface area contributed by atoms with E-state index < -0.39 is 0 Å². The zero-order valence-electron chi connectivity index (χ0n) is 20.6. The molecule has 1 aliphatic heterocycles. The van der Waals surface area contributed by atoms with E-state index in [1.807, 2.05) is 30.3 Å². The van der Waals surface area contributed by atoms with E-state index in [4.69, 9.17) is 28.1 Å². The second kappa shape index (κ2) is 9.83. The van der Waals surface area contributed by atoms with E-state index in [9.17, 15) is 4.79 Å². The van der Waals surface area contributed by atoms with Gasteiger partial charge in [-0.1, -0.05) is 12.1 Å². The minimum atomic E-state index is -0.122. The van der Waals surface area contributed by atoms with Gasteiger partial charge in [-0.3, -0.25) is 9.69 Å². The maximum absolute atomic E-state index is 13.5. The molecule has 0 atom stereocenters. The summed E-state index contributed by atoms with van der Waals surface area (Å²) in [4.78, 5) is 15.6. The zero-order valence-corrected chi connectivity index (χ0v) is 20.6. The number of benzene rings is 3. The minimum Gasteiger partial charge on any atom is -0.493 e. The van der Waals surface area contributed by atoms with Crippen LogP contribution >= 0.6 is 0 Å². The fraction of sp³-hybridized carbons (Fsp3) is 0.250. The van der Waals surface area contributed by atoms with Crippen molar-refractivity contribution in [2.75, 3.05) is 35.2 Å². The summed E-state index contributed by atoms with van der Waals surface area (Å²) in [6, 6.07) is 14.8. The van der Waals surface area contributed by atoms with Gasteiger partial charge in [0, 0.05) is 13.1 Å². The third kappa shape index (κ3) is 4.20. The fourth-order valence-corrected chi connectivity index (χ4v) is 4.50. The highest BCUT2D eigenvalue weighted by atomic mass is 16.5. The Bertz CT molecular complexity index is 1480. The number of rotatable bonds is 7. The van der Waals surface area contributed by atoms with E-state index in [0.717, 1.165) is 11.1 Å². The third-order valence-electron chi connectivity index (χ3n) is 6.33. The van der Waals surface area contributed by atoms with E-state index in [1.54, 1.807) is 46.6 Å². The lowest BCUT2D eigenvalue weighted by Crippen LogP contribution is -2.31. The molecule has 2 heterocycles. The highest BCUT2D eigenvalue weighted by Crippen LogP contribution is 2.35. The summed E-state index contributed by atoms with van der Waals surface area (Å²) >= 11 is 0. The molecule has 1 aromatic heterocycles. The van der Waals surface area contributed by atoms with Crippen LogP contribution in [0, 0.1) is 0 Å². The van der Waals surface area contributed by atoms with Crippen molar-refractivity contribution >= 4 is 11.0 Å². The third-order valence-corrected chi connectivity index (χ3v) is 6.33. The molecule has 0 amide bonds. The Morgan fingerprint density at radius 2 is 1.53 bits per heavy atom. The summed E-state index contributed by atoms with van der Waals surface area (Å²) < 4.78 is 33.5. The Labute approximate surface area is 208 Å². The lowest BCUT2D eigenvalue weighted by Gasteiger charge is -2.29. The van der Waals surface area contributed by atoms with Gasteiger partial charge in [0.1, 0.15) is 24.3 Å². The first kappa shape index (κ1) is 23.6. The van der Waals surface area contributed by atoms with Gasteiger partial charge >= 0.3 is 0 Å². The average Bonchev–Trinajstić information content (AvgIpc) is 2.92. The normalized spacial score (nSPS) is 13.1. The van der Waals surface area contributed by atoms with Crippen LogP contribution < -0.4 is 29.1 Å². The first-order valence-corrected chi connectivity index (χ1v) is 11.4. The molecule has 1 aliphatic rings. The smallest absolute Gasteiger partial charge is 0.200 e. The molecule has 0 aliphatic carbocycles. The first-order chi connectivity index (χ1) is 17.6. The molecule has 0 bridgehead atoms. The van der Waals surface area contributed by atoms with E-state index in [-0.39, 0.29) is 5.43 Å². The lowest BCUT2D eigenvalue weighted by atomic mass is 10.0. The summed E-state index contributed by atoms with van der Waals surface area (Å²) in [5.74, 6) is 3.20. The second-order valence-electron chi connectivity index (χ2n) is 8.42. The van der Waals surface area contributed by atoms with Gasteiger partial charge in [-0.05, 0) is 47.5 Å². The van der Waals surface area contributed by atoms with E-state index in [2.05, 4.69) is 4.90 Å². The Morgan fingerprint density at radius 1 is 0.833 bits per heavy atom. The Kier molecular flexibility index (Phi) is 6.43. The van der Waals surface area contributed by atoms with Crippen molar-refractivity contribution in [3.8, 4) is 39.9 Å². The largest absolute Gasteiger partial charge is 0.493 e. The van der Waals surface area contributed by atoms with Crippen molar-refractivity contribution in [1.82, 2.24) is 4.90 Å². The minimum absolute atomic E-state index is 0.122. The first-order valence-electron chi connectivity index (χ1n) is 11.4. The number of nitrogens with zero attached hydrogens (tertiary/aromatic N) is 1. The molecule has 0 spiro atoms. The average molecular weight is 490 g/mol. The van der Waals surface area contributed by atoms with Gasteiger partial charge in [-0.15, -0.1) is 0 Å². The van der Waals surface area contributed by atoms with Crippen molar-refractivity contribution < 1.29 is 28.1 Å². The molecular formula is C28H27NO7. The predicted octanol–water partition coefficient (Wildman–Crippen LogP) is 4.85. The molecule has 3 aromatic carbocycles. The van der Waals surface area contributed by atoms with Crippen LogP contribution in [0.25, 0.3) is 22.1 Å². The second-order valence-corrected chi connectivity index (χ2v) is 8.42. The van der Waals surface area contributed by atoms with Gasteiger partial charge < -0.3 is 28.1 Å². The van der Waals surface area contributed by atoms with Gasteiger partial charge in [0.15, 0.2) is 23.0 Å². The molecule has 8 heteroatoms. The van der Waals surface area contributed by atoms with Crippen LogP contribution in [0.4, 0.5) is 0 Å². The van der Waals surface area contributed by atoms with Gasteiger partial charge in [-0.25, -0.2) is 0 Å². The molecule has 0 fully saturated rings. The highest BCUT2D eigenvalue weighted by molar-refractivity contribution is 5.86. The maximum Gasteiger partial charge on any atom is 0.200 e. The predicted molar refractivity (Wildman–Crippen MR) is 135 cm³/mol. The topological polar surface area (TPSA) is 79.6 Å². The number of methoxy groups -OCH3 is 4. The SMILES string of the molecule is COc1ccc(CN2COc3ccc4c(=O)c(-c5ccc(OC)c(OC)c5)coc4c3C2)cc1OC. The van der Waals surface area contributed by atoms with E-state index in [1.165, 1.54) is 6.26 Å². The summed E-state index contributed by atoms with van der Waals surface area (Å²) in [6.07, 6.45) is 1.50. The maximum atomic E-state index is 13.5. The molecule has 8 nitrogen and oxygen atoms in total. The monoisotopic (exact) mass is 489 g/mol. The van der Waals surface area contributed by atoms with E-state index >= 15 is 0 Å². The van der Waals surface area contributed by atoms with Crippen LogP contribution in [0.15, 0.2) is 64.0 Å². The zero-order chi connectivity index (χ0) is 25.2. The van der Waals surface area contributed by atoms with Crippen LogP contribution in [-0.2, 0) is 13.1 Å². The van der Waals surface area contributed by atoms with Gasteiger partial charge in [0.2, 0.25) is 5.43 Å². The molecule has 4 aromatic rings. The van der Waals surface area contributed by atoms with Crippen molar-refractivity contribution in [2.24, 2.45) is 0 Å². The fourth-order valence-electron chi connectivity index (χ4n) is 4.50. The summed E-state index contributed by atoms with van der Waals surface area (Å²) in [5.41, 5.74) is 3.43. The molecule has 36 heavy (non-hydrogen) atoms. The van der Waals surface area contributed by atoms with Gasteiger partial charge in [0.05, 0.1) is 45.0 Å². The van der Waals surface area contributed by atoms with Crippen molar-refractivity contribution in [3.63, 3.8) is 0 Å². The molecule has 0 N–H and O–H groups in total. The van der Waals surface area contributed by atoms with E-state index in [0.29, 0.717) is 70.7 Å². The Morgan fingerprint density at radius 3 is 2.25 bits per heavy atom. The molecule has 0 radical (unpaired) electrons. The number of hydrogen-bond acceptors (Lipinski definition) is 8. The molecule has 0 saturated heterocycles. The van der Waals surface area contributed by atoms with Crippen LogP contribution in [0.2, 0.25) is 0 Å². The standard InChI is InChI=1S/C28H27NO7/c1-31-23-8-5-17(11-25(23)33-3)13-29-14-20-22(36-16-29)10-7-19-27(30)21(15-35-28(19)20)18-6-9-24(32-2)26(12-18)34-4/h5-12,15H,13-14,16H2,1-4H3. The summed E-state index contributed by atoms with van der Waals surface area (Å²) in [5, 5.41) is 0.498. The van der Waals surface area contributed by atoms with Crippen LogP contribution in [-0.4, -0.2) is 40.1 Å². The molecular weight excluding hydrogens is 462 g/mol. The number of fused-ring (bicyclic) bond motifs is 3. The van der Waals surface area contributed by atoms with Crippen LogP contribution in [0.1, 0.15) is 11.1 Å². The summed E-state index contributed by atoms with van der Waals surface area (Å²) in [6.45, 7) is 1.62. The lowest BCUT2D eigenvalue weighted by molar-refractivity contribution is 0.0889. The Balaban J connectivity index is 1.47. The Hall–Kier alpha value is -4.17. The molecule has 5 rings (SSSR count). The van der Waals surface area contributed by atoms with Crippen molar-refractivity contribution in [2.45, 2.75) is 13.1 Å². The molecule has 0 saturated carbocycles. The van der Waals surface area contributed by atoms with Crippen molar-refractivity contribution in [1.29, 1.82) is 0 Å². The quantitative estimate of drug-likeness (QED) is 0.365. The van der Waals surface area contributed by atoms with Crippen molar-refractivity contribution in [3.05, 3.63) is 76.1 Å². The number of hydrogen-bond donors (Lipinski definition) is 0.